The second-order valence-corrected chi connectivity index (χ2v) is 4.40. The second kappa shape index (κ2) is 3.69. The third-order valence-corrected chi connectivity index (χ3v) is 2.84. The molecule has 0 saturated carbocycles. The van der Waals surface area contributed by atoms with Gasteiger partial charge in [-0.3, -0.25) is 0 Å². The van der Waals surface area contributed by atoms with Gasteiger partial charge in [-0.15, -0.1) is 0 Å². The van der Waals surface area contributed by atoms with Gasteiger partial charge < -0.3 is 0 Å². The maximum absolute atomic E-state index is 10.5. The molecule has 0 radical (unpaired) electrons. The van der Waals surface area contributed by atoms with Crippen LogP contribution in [-0.4, -0.2) is 33.0 Å². The average Bonchev–Trinajstić information content (AvgIpc) is 2.18. The molecule has 0 bridgehead atoms. The van der Waals surface area contributed by atoms with E-state index in [0.29, 0.717) is 5.39 Å². The van der Waals surface area contributed by atoms with Gasteiger partial charge in [-0.2, -0.15) is 0 Å². The average molecular weight is 195 g/mol. The molecule has 0 unspecified atom stereocenters. The molecule has 0 aliphatic rings. The minimum absolute atomic E-state index is 0.0615. The van der Waals surface area contributed by atoms with Gasteiger partial charge in [0.25, 0.3) is 0 Å². The number of fused-ring (bicyclic) bond motifs is 1. The maximum atomic E-state index is 10.5. The first-order valence-corrected chi connectivity index (χ1v) is 5.28. The standard InChI is InChI=1S/C10H6NO2.Na/c12-9-6-5-7-3-1-2-4-8(7)10(9)11-13;/h2-6,12H;. The molecule has 14 heavy (non-hydrogen) atoms. The Morgan fingerprint density at radius 2 is 2.00 bits per heavy atom. The molecule has 2 rings (SSSR count). The van der Waals surface area contributed by atoms with Gasteiger partial charge in [-0.25, -0.2) is 0 Å². The van der Waals surface area contributed by atoms with E-state index in [4.69, 9.17) is 0 Å². The number of phenolic OH excluding ortho intramolecular Hbond substituents is 1. The number of nitroso groups, excluding NO2 is 1. The number of hydrogen-bond donors (Lipinski definition) is 1. The summed E-state index contributed by atoms with van der Waals surface area (Å²) in [7, 11) is 0. The van der Waals surface area contributed by atoms with Crippen LogP contribution in [0.15, 0.2) is 35.5 Å². The Morgan fingerprint density at radius 3 is 2.71 bits per heavy atom. The molecule has 0 spiro atoms. The molecule has 0 heterocycles. The van der Waals surface area contributed by atoms with E-state index >= 15 is 0 Å². The van der Waals surface area contributed by atoms with Crippen molar-refractivity contribution in [3.05, 3.63) is 35.2 Å². The number of rotatable bonds is 1. The summed E-state index contributed by atoms with van der Waals surface area (Å²) < 4.78 is 1.25. The van der Waals surface area contributed by atoms with Crippen LogP contribution in [0.5, 0.6) is 5.75 Å². The van der Waals surface area contributed by atoms with Gasteiger partial charge in [0.1, 0.15) is 0 Å². The Balaban J connectivity index is 2.88. The molecule has 64 valence electrons. The Kier molecular flexibility index (Phi) is 2.54. The fourth-order valence-corrected chi connectivity index (χ4v) is 1.99. The number of benzene rings is 2. The molecule has 2 aromatic rings. The molecule has 0 fully saturated rings. The fraction of sp³-hybridized carbons (Fsp3) is 0. The molecule has 1 N–H and O–H groups in total. The van der Waals surface area contributed by atoms with Gasteiger partial charge in [0, 0.05) is 0 Å². The third-order valence-electron chi connectivity index (χ3n) is 2.22. The predicted octanol–water partition coefficient (Wildman–Crippen LogP) is 1.74. The van der Waals surface area contributed by atoms with Gasteiger partial charge in [0.2, 0.25) is 0 Å². The fourth-order valence-electron chi connectivity index (χ4n) is 1.52. The molecule has 3 nitrogen and oxygen atoms in total. The van der Waals surface area contributed by atoms with Crippen LogP contribution in [0.1, 0.15) is 0 Å². The van der Waals surface area contributed by atoms with Crippen LogP contribution in [0.3, 0.4) is 0 Å². The van der Waals surface area contributed by atoms with E-state index in [9.17, 15) is 10.0 Å². The molecule has 0 amide bonds. The topological polar surface area (TPSA) is 49.7 Å². The van der Waals surface area contributed by atoms with E-state index in [1.54, 1.807) is 6.07 Å². The summed E-state index contributed by atoms with van der Waals surface area (Å²) in [5, 5.41) is 13.9. The van der Waals surface area contributed by atoms with Crippen LogP contribution in [0, 0.1) is 4.91 Å². The number of phenols is 1. The van der Waals surface area contributed by atoms with Gasteiger partial charge in [0.05, 0.1) is 0 Å². The van der Waals surface area contributed by atoms with Crippen molar-refractivity contribution in [2.75, 3.05) is 0 Å². The second-order valence-electron chi connectivity index (χ2n) is 3.25. The van der Waals surface area contributed by atoms with Crippen molar-refractivity contribution in [1.29, 1.82) is 0 Å². The van der Waals surface area contributed by atoms with Crippen molar-refractivity contribution in [2.45, 2.75) is 0 Å². The zero-order valence-electron chi connectivity index (χ0n) is 7.69. The molecule has 0 saturated heterocycles. The SMILES string of the molecule is O=Nc1c(O)ccc2c[c]([Na])ccc12. The summed E-state index contributed by atoms with van der Waals surface area (Å²) in [6.45, 7) is 0. The Labute approximate surface area is 98.1 Å². The first-order chi connectivity index (χ1) is 6.72. The van der Waals surface area contributed by atoms with Crippen LogP contribution in [0.25, 0.3) is 10.8 Å². The minimum atomic E-state index is -0.0615. The summed E-state index contributed by atoms with van der Waals surface area (Å²) in [6.07, 6.45) is 0. The predicted molar refractivity (Wildman–Crippen MR) is 56.5 cm³/mol. The van der Waals surface area contributed by atoms with E-state index in [-0.39, 0.29) is 11.4 Å². The Hall–Kier alpha value is -0.900. The van der Waals surface area contributed by atoms with Crippen LogP contribution in [0.4, 0.5) is 5.69 Å². The van der Waals surface area contributed by atoms with Crippen LogP contribution in [-0.2, 0) is 0 Å². The number of nitrogens with zero attached hydrogens (tertiary/aromatic N) is 1. The van der Waals surface area contributed by atoms with Crippen LogP contribution in [0.2, 0.25) is 0 Å². The van der Waals surface area contributed by atoms with Crippen molar-refractivity contribution in [2.24, 2.45) is 5.18 Å². The van der Waals surface area contributed by atoms with Crippen molar-refractivity contribution < 1.29 is 5.11 Å². The van der Waals surface area contributed by atoms with Crippen molar-refractivity contribution in [1.82, 2.24) is 0 Å². The number of aromatic hydroxyl groups is 1. The van der Waals surface area contributed by atoms with Crippen LogP contribution >= 0.6 is 0 Å². The molecule has 0 aromatic heterocycles. The molecular weight excluding hydrogens is 189 g/mol. The normalized spacial score (nSPS) is 10.4. The van der Waals surface area contributed by atoms with Crippen molar-refractivity contribution in [3.8, 4) is 5.75 Å². The zero-order chi connectivity index (χ0) is 10.1. The van der Waals surface area contributed by atoms with Gasteiger partial charge in [-0.1, -0.05) is 0 Å². The molecule has 0 aliphatic heterocycles. The third kappa shape index (κ3) is 1.54. The summed E-state index contributed by atoms with van der Waals surface area (Å²) in [5.74, 6) is -0.0615. The Morgan fingerprint density at radius 1 is 1.21 bits per heavy atom. The van der Waals surface area contributed by atoms with Gasteiger partial charge in [-0.05, 0) is 0 Å². The molecular formula is C10H6NNaO2. The van der Waals surface area contributed by atoms with Crippen LogP contribution < -0.4 is 2.81 Å². The van der Waals surface area contributed by atoms with Crippen molar-refractivity contribution in [3.63, 3.8) is 0 Å². The van der Waals surface area contributed by atoms with E-state index < -0.39 is 0 Å². The molecule has 4 heteroatoms. The first-order valence-electron chi connectivity index (χ1n) is 4.28. The zero-order valence-corrected chi connectivity index (χ0v) is 9.69. The summed E-state index contributed by atoms with van der Waals surface area (Å²) in [4.78, 5) is 10.5. The first kappa shape index (κ1) is 9.65. The van der Waals surface area contributed by atoms with E-state index in [1.165, 1.54) is 8.88 Å². The van der Waals surface area contributed by atoms with E-state index in [1.807, 2.05) is 18.2 Å². The van der Waals surface area contributed by atoms with E-state index in [2.05, 4.69) is 5.18 Å². The molecule has 0 atom stereocenters. The number of hydrogen-bond acceptors (Lipinski definition) is 3. The molecule has 2 aromatic carbocycles. The summed E-state index contributed by atoms with van der Waals surface area (Å²) in [6, 6.07) is 9.08. The van der Waals surface area contributed by atoms with Gasteiger partial charge >= 0.3 is 98.5 Å². The summed E-state index contributed by atoms with van der Waals surface area (Å²) >= 11 is 0.970. The Bertz CT molecular complexity index is 511. The quantitative estimate of drug-likeness (QED) is 0.556. The van der Waals surface area contributed by atoms with Gasteiger partial charge in [0.15, 0.2) is 0 Å². The van der Waals surface area contributed by atoms with Crippen molar-refractivity contribution >= 4 is 47.2 Å². The molecule has 0 aliphatic carbocycles. The summed E-state index contributed by atoms with van der Waals surface area (Å²) in [5.41, 5.74) is 0.129. The monoisotopic (exact) mass is 195 g/mol. The van der Waals surface area contributed by atoms with E-state index in [0.717, 1.165) is 33.3 Å².